The summed E-state index contributed by atoms with van der Waals surface area (Å²) >= 11 is -0.363. The van der Waals surface area contributed by atoms with Crippen molar-refractivity contribution in [2.75, 3.05) is 0 Å². The van der Waals surface area contributed by atoms with Crippen LogP contribution in [0.1, 0.15) is 13.8 Å². The van der Waals surface area contributed by atoms with Gasteiger partial charge in [0.05, 0.1) is 0 Å². The van der Waals surface area contributed by atoms with Gasteiger partial charge in [0.1, 0.15) is 5.78 Å². The van der Waals surface area contributed by atoms with E-state index in [1.807, 2.05) is 0 Å². The van der Waals surface area contributed by atoms with E-state index in [0.29, 0.717) is 0 Å². The number of rotatable bonds is 0. The molecule has 0 radical (unpaired) electrons. The molecule has 0 saturated heterocycles. The molecule has 0 bridgehead atoms. The van der Waals surface area contributed by atoms with E-state index in [2.05, 4.69) is 19.6 Å². The van der Waals surface area contributed by atoms with Crippen LogP contribution in [-0.2, 0) is 19.7 Å². The van der Waals surface area contributed by atoms with Gasteiger partial charge in [-0.15, -0.1) is 0 Å². The fraction of sp³-hybridized carbons (Fsp3) is 0.667. The van der Waals surface area contributed by atoms with Crippen molar-refractivity contribution in [3.8, 4) is 0 Å². The predicted molar refractivity (Wildman–Crippen MR) is 31.5 cm³/mol. The molecule has 0 spiro atoms. The van der Waals surface area contributed by atoms with Crippen molar-refractivity contribution < 1.29 is 19.7 Å². The van der Waals surface area contributed by atoms with Gasteiger partial charge in [-0.25, -0.2) is 0 Å². The Morgan fingerprint density at radius 3 is 1.43 bits per heavy atom. The average Bonchev–Trinajstić information content (AvgIpc) is 1.33. The normalized spacial score (nSPS) is 5.43. The standard InChI is InChI=1S/C3H6O.Mo.2S/c1-3(2)4;;;/h1-2H3;;;. The molecule has 0 aromatic rings. The zero-order valence-electron chi connectivity index (χ0n) is 4.13. The van der Waals surface area contributed by atoms with E-state index in [4.69, 9.17) is 0 Å². The first-order valence-corrected chi connectivity index (χ1v) is 7.12. The SMILES string of the molecule is CC(C)=O.[S]=[Mo]=[S]. The molecule has 0 aliphatic carbocycles. The van der Waals surface area contributed by atoms with Gasteiger partial charge in [-0.2, -0.15) is 0 Å². The van der Waals surface area contributed by atoms with Crippen molar-refractivity contribution in [3.63, 3.8) is 0 Å². The number of hydrogen-bond acceptors (Lipinski definition) is 3. The Balaban J connectivity index is 0. The monoisotopic (exact) mass is 220 g/mol. The third kappa shape index (κ3) is 246. The number of Topliss-reactive ketones (excluding diaryl/α,β-unsaturated/α-hetero) is 1. The van der Waals surface area contributed by atoms with Gasteiger partial charge in [0, 0.05) is 0 Å². The van der Waals surface area contributed by atoms with Crippen molar-refractivity contribution in [1.29, 1.82) is 0 Å². The minimum atomic E-state index is -0.363. The number of ketones is 1. The summed E-state index contributed by atoms with van der Waals surface area (Å²) in [6.07, 6.45) is 0. The summed E-state index contributed by atoms with van der Waals surface area (Å²) < 4.78 is 0. The van der Waals surface area contributed by atoms with Crippen LogP contribution in [0.3, 0.4) is 0 Å². The zero-order valence-corrected chi connectivity index (χ0v) is 7.77. The van der Waals surface area contributed by atoms with Crippen LogP contribution in [0.2, 0.25) is 0 Å². The van der Waals surface area contributed by atoms with E-state index in [1.54, 1.807) is 0 Å². The number of carbonyl (C=O) groups is 1. The summed E-state index contributed by atoms with van der Waals surface area (Å²) in [4.78, 5) is 9.44. The van der Waals surface area contributed by atoms with E-state index in [-0.39, 0.29) is 20.7 Å². The maximum atomic E-state index is 9.44. The van der Waals surface area contributed by atoms with Gasteiger partial charge < -0.3 is 4.79 Å². The third-order valence-electron chi connectivity index (χ3n) is 0. The molecule has 0 heterocycles. The average molecular weight is 218 g/mol. The van der Waals surface area contributed by atoms with Crippen LogP contribution in [0.25, 0.3) is 0 Å². The molecule has 0 atom stereocenters. The Labute approximate surface area is 58.9 Å². The molecular weight excluding hydrogens is 212 g/mol. The third-order valence-corrected chi connectivity index (χ3v) is 0. The van der Waals surface area contributed by atoms with Crippen molar-refractivity contribution in [2.45, 2.75) is 13.8 Å². The Kier molecular flexibility index (Phi) is 15.2. The van der Waals surface area contributed by atoms with Crippen LogP contribution in [0.15, 0.2) is 0 Å². The molecule has 0 aromatic heterocycles. The van der Waals surface area contributed by atoms with Gasteiger partial charge in [-0.05, 0) is 13.8 Å². The first-order valence-electron chi connectivity index (χ1n) is 1.54. The fourth-order valence-corrected chi connectivity index (χ4v) is 0. The predicted octanol–water partition coefficient (Wildman–Crippen LogP) is 1.89. The molecular formula is C3H6MoOS2. The Morgan fingerprint density at radius 1 is 1.43 bits per heavy atom. The topological polar surface area (TPSA) is 17.1 Å². The second-order valence-corrected chi connectivity index (χ2v) is 4.53. The Morgan fingerprint density at radius 2 is 1.43 bits per heavy atom. The number of hydrogen-bond donors (Lipinski definition) is 0. The molecule has 1 nitrogen and oxygen atoms in total. The second-order valence-electron chi connectivity index (χ2n) is 0.976. The minimum absolute atomic E-state index is 0.167. The summed E-state index contributed by atoms with van der Waals surface area (Å²) in [6, 6.07) is 0. The van der Waals surface area contributed by atoms with Gasteiger partial charge in [-0.3, -0.25) is 0 Å². The molecule has 7 heavy (non-hydrogen) atoms. The molecule has 42 valence electrons. The van der Waals surface area contributed by atoms with Gasteiger partial charge >= 0.3 is 34.6 Å². The molecule has 0 fully saturated rings. The summed E-state index contributed by atoms with van der Waals surface area (Å²) in [5.41, 5.74) is 0. The number of carbonyl (C=O) groups excluding carboxylic acids is 1. The molecule has 0 N–H and O–H groups in total. The first-order chi connectivity index (χ1) is 3.15. The van der Waals surface area contributed by atoms with Crippen LogP contribution in [-0.4, -0.2) is 5.78 Å². The van der Waals surface area contributed by atoms with Gasteiger partial charge in [-0.1, -0.05) is 0 Å². The van der Waals surface area contributed by atoms with E-state index >= 15 is 0 Å². The van der Waals surface area contributed by atoms with Crippen LogP contribution in [0, 0.1) is 0 Å². The molecule has 0 rings (SSSR count). The van der Waals surface area contributed by atoms with Crippen molar-refractivity contribution >= 4 is 25.4 Å². The molecule has 0 aliphatic rings. The van der Waals surface area contributed by atoms with Crippen LogP contribution >= 0.6 is 19.6 Å². The van der Waals surface area contributed by atoms with E-state index in [1.165, 1.54) is 13.8 Å². The van der Waals surface area contributed by atoms with E-state index in [9.17, 15) is 4.79 Å². The van der Waals surface area contributed by atoms with Gasteiger partial charge in [0.25, 0.3) is 0 Å². The van der Waals surface area contributed by atoms with Crippen molar-refractivity contribution in [1.82, 2.24) is 0 Å². The summed E-state index contributed by atoms with van der Waals surface area (Å²) in [5.74, 6) is 0.167. The molecule has 0 amide bonds. The molecule has 4 heteroatoms. The van der Waals surface area contributed by atoms with E-state index < -0.39 is 0 Å². The maximum absolute atomic E-state index is 9.44. The summed E-state index contributed by atoms with van der Waals surface area (Å²) in [7, 11) is 8.68. The molecule has 0 aromatic carbocycles. The molecule has 0 aliphatic heterocycles. The fourth-order valence-electron chi connectivity index (χ4n) is 0. The second kappa shape index (κ2) is 9.93. The van der Waals surface area contributed by atoms with Gasteiger partial charge in [0.15, 0.2) is 0 Å². The van der Waals surface area contributed by atoms with Gasteiger partial charge in [0.2, 0.25) is 0 Å². The van der Waals surface area contributed by atoms with Crippen molar-refractivity contribution in [3.05, 3.63) is 0 Å². The Hall–Kier alpha value is 0.798. The summed E-state index contributed by atoms with van der Waals surface area (Å²) in [5, 5.41) is 0. The molecule has 0 saturated carbocycles. The van der Waals surface area contributed by atoms with Crippen molar-refractivity contribution in [2.24, 2.45) is 0 Å². The zero-order chi connectivity index (χ0) is 6.28. The van der Waals surface area contributed by atoms with Crippen LogP contribution in [0.5, 0.6) is 0 Å². The quantitative estimate of drug-likeness (QED) is 0.578. The van der Waals surface area contributed by atoms with Crippen LogP contribution in [0.4, 0.5) is 0 Å². The summed E-state index contributed by atoms with van der Waals surface area (Å²) in [6.45, 7) is 3.06. The first kappa shape index (κ1) is 10.7. The Bertz CT molecular complexity index is 80.9. The molecule has 0 unspecified atom stereocenters. The van der Waals surface area contributed by atoms with Crippen LogP contribution < -0.4 is 0 Å². The van der Waals surface area contributed by atoms with E-state index in [0.717, 1.165) is 0 Å².